The fraction of sp³-hybridized carbons (Fsp3) is 0.800. The van der Waals surface area contributed by atoms with Crippen molar-refractivity contribution < 1.29 is 5.11 Å². The average Bonchev–Trinajstić information content (AvgIpc) is 1.95. The molecule has 2 N–H and O–H groups in total. The van der Waals surface area contributed by atoms with Crippen LogP contribution >= 0.6 is 0 Å². The minimum atomic E-state index is -0.167. The SMILES string of the molecule is CC1=CCC([OH2+])(C(C)C)CC1. The van der Waals surface area contributed by atoms with Gasteiger partial charge in [-0.2, -0.15) is 0 Å². The van der Waals surface area contributed by atoms with E-state index >= 15 is 0 Å². The smallest absolute Gasteiger partial charge is 0.169 e. The quantitative estimate of drug-likeness (QED) is 0.409. The van der Waals surface area contributed by atoms with E-state index in [1.807, 2.05) is 0 Å². The van der Waals surface area contributed by atoms with Gasteiger partial charge in [0.15, 0.2) is 5.60 Å². The zero-order valence-corrected chi connectivity index (χ0v) is 7.78. The second-order valence-electron chi connectivity index (χ2n) is 4.07. The van der Waals surface area contributed by atoms with Crippen molar-refractivity contribution in [1.29, 1.82) is 0 Å². The fourth-order valence-electron chi connectivity index (χ4n) is 1.51. The van der Waals surface area contributed by atoms with Crippen LogP contribution in [0, 0.1) is 5.92 Å². The van der Waals surface area contributed by atoms with Gasteiger partial charge in [0.05, 0.1) is 0 Å². The van der Waals surface area contributed by atoms with Crippen LogP contribution in [0.1, 0.15) is 40.0 Å². The Morgan fingerprint density at radius 2 is 2.18 bits per heavy atom. The Balaban J connectivity index is 2.64. The van der Waals surface area contributed by atoms with Gasteiger partial charge in [0.2, 0.25) is 0 Å². The van der Waals surface area contributed by atoms with Crippen molar-refractivity contribution in [1.82, 2.24) is 0 Å². The highest BCUT2D eigenvalue weighted by molar-refractivity contribution is 5.08. The first-order chi connectivity index (χ1) is 5.04. The van der Waals surface area contributed by atoms with Crippen molar-refractivity contribution >= 4 is 0 Å². The summed E-state index contributed by atoms with van der Waals surface area (Å²) in [7, 11) is 0. The summed E-state index contributed by atoms with van der Waals surface area (Å²) in [5.74, 6) is 0.492. The summed E-state index contributed by atoms with van der Waals surface area (Å²) in [6.07, 6.45) is 5.36. The van der Waals surface area contributed by atoms with Gasteiger partial charge in [-0.3, -0.25) is 0 Å². The van der Waals surface area contributed by atoms with Gasteiger partial charge < -0.3 is 5.11 Å². The summed E-state index contributed by atoms with van der Waals surface area (Å²) >= 11 is 0. The molecule has 1 heteroatoms. The maximum Gasteiger partial charge on any atom is 0.169 e. The molecule has 1 aliphatic rings. The Morgan fingerprint density at radius 1 is 1.55 bits per heavy atom. The van der Waals surface area contributed by atoms with Gasteiger partial charge >= 0.3 is 0 Å². The topological polar surface area (TPSA) is 22.9 Å². The molecule has 0 bridgehead atoms. The van der Waals surface area contributed by atoms with Crippen LogP contribution in [-0.4, -0.2) is 10.7 Å². The van der Waals surface area contributed by atoms with Crippen LogP contribution in [0.5, 0.6) is 0 Å². The predicted octanol–water partition coefficient (Wildman–Crippen LogP) is 2.24. The maximum absolute atomic E-state index is 8.12. The Kier molecular flexibility index (Phi) is 2.38. The highest BCUT2D eigenvalue weighted by atomic mass is 16.3. The van der Waals surface area contributed by atoms with Gasteiger partial charge in [0, 0.05) is 18.8 Å². The molecule has 1 rings (SSSR count). The van der Waals surface area contributed by atoms with E-state index in [1.54, 1.807) is 0 Å². The zero-order valence-electron chi connectivity index (χ0n) is 7.78. The third kappa shape index (κ3) is 1.84. The molecule has 0 saturated carbocycles. The van der Waals surface area contributed by atoms with Crippen molar-refractivity contribution in [2.24, 2.45) is 5.92 Å². The van der Waals surface area contributed by atoms with Gasteiger partial charge in [0.25, 0.3) is 0 Å². The highest BCUT2D eigenvalue weighted by Gasteiger charge is 2.36. The van der Waals surface area contributed by atoms with Crippen LogP contribution in [0.3, 0.4) is 0 Å². The minimum absolute atomic E-state index is 0.167. The van der Waals surface area contributed by atoms with Gasteiger partial charge in [-0.25, -0.2) is 0 Å². The van der Waals surface area contributed by atoms with Crippen LogP contribution in [0.15, 0.2) is 11.6 Å². The third-order valence-electron chi connectivity index (χ3n) is 2.89. The summed E-state index contributed by atoms with van der Waals surface area (Å²) in [4.78, 5) is 0. The monoisotopic (exact) mass is 155 g/mol. The molecule has 11 heavy (non-hydrogen) atoms. The zero-order chi connectivity index (χ0) is 8.48. The summed E-state index contributed by atoms with van der Waals surface area (Å²) in [5.41, 5.74) is 1.30. The average molecular weight is 155 g/mol. The highest BCUT2D eigenvalue weighted by Crippen LogP contribution is 2.32. The van der Waals surface area contributed by atoms with Crippen molar-refractivity contribution in [2.75, 3.05) is 0 Å². The Hall–Kier alpha value is -0.300. The van der Waals surface area contributed by atoms with Crippen molar-refractivity contribution in [3.05, 3.63) is 11.6 Å². The standard InChI is InChI=1S/C10H18O/c1-8(2)10(11)6-4-9(3)5-7-10/h4,8,11H,5-7H2,1-3H3/p+1. The van der Waals surface area contributed by atoms with Gasteiger partial charge in [-0.15, -0.1) is 0 Å². The van der Waals surface area contributed by atoms with E-state index in [9.17, 15) is 0 Å². The van der Waals surface area contributed by atoms with Crippen molar-refractivity contribution in [2.45, 2.75) is 45.6 Å². The molecule has 64 valence electrons. The molecule has 1 unspecified atom stereocenters. The molecule has 0 aromatic rings. The van der Waals surface area contributed by atoms with Crippen LogP contribution < -0.4 is 0 Å². The Bertz CT molecular complexity index is 170. The lowest BCUT2D eigenvalue weighted by atomic mass is 9.78. The molecular formula is C10H19O+. The van der Waals surface area contributed by atoms with Crippen molar-refractivity contribution in [3.63, 3.8) is 0 Å². The lowest BCUT2D eigenvalue weighted by Crippen LogP contribution is -2.36. The summed E-state index contributed by atoms with van der Waals surface area (Å²) < 4.78 is 0. The van der Waals surface area contributed by atoms with Crippen LogP contribution in [0.4, 0.5) is 0 Å². The molecule has 0 aliphatic heterocycles. The second-order valence-corrected chi connectivity index (χ2v) is 4.07. The van der Waals surface area contributed by atoms with Gasteiger partial charge in [-0.05, 0) is 13.3 Å². The van der Waals surface area contributed by atoms with E-state index in [0.717, 1.165) is 19.3 Å². The molecule has 0 spiro atoms. The fourth-order valence-corrected chi connectivity index (χ4v) is 1.51. The second kappa shape index (κ2) is 2.98. The van der Waals surface area contributed by atoms with E-state index < -0.39 is 0 Å². The van der Waals surface area contributed by atoms with Crippen molar-refractivity contribution in [3.8, 4) is 0 Å². The summed E-state index contributed by atoms with van der Waals surface area (Å²) in [6.45, 7) is 6.48. The lowest BCUT2D eigenvalue weighted by molar-refractivity contribution is -0.0140. The molecule has 0 aromatic carbocycles. The first-order valence-corrected chi connectivity index (χ1v) is 4.45. The number of rotatable bonds is 1. The minimum Gasteiger partial charge on any atom is -0.441 e. The molecule has 0 heterocycles. The number of allylic oxidation sites excluding steroid dienone is 1. The number of hydrogen-bond donors (Lipinski definition) is 0. The normalized spacial score (nSPS) is 32.3. The molecule has 1 aliphatic carbocycles. The first kappa shape index (κ1) is 8.79. The van der Waals surface area contributed by atoms with Gasteiger partial charge in [-0.1, -0.05) is 25.5 Å². The molecule has 0 aromatic heterocycles. The van der Waals surface area contributed by atoms with Gasteiger partial charge in [0.1, 0.15) is 0 Å². The summed E-state index contributed by atoms with van der Waals surface area (Å²) in [5, 5.41) is 8.12. The van der Waals surface area contributed by atoms with E-state index in [-0.39, 0.29) is 5.60 Å². The Labute approximate surface area is 69.1 Å². The number of hydrogen-bond acceptors (Lipinski definition) is 0. The maximum atomic E-state index is 8.12. The van der Waals surface area contributed by atoms with Crippen LogP contribution in [-0.2, 0) is 0 Å². The molecule has 1 nitrogen and oxygen atoms in total. The van der Waals surface area contributed by atoms with Crippen LogP contribution in [0.25, 0.3) is 0 Å². The molecular weight excluding hydrogens is 136 g/mol. The molecule has 0 fully saturated rings. The first-order valence-electron chi connectivity index (χ1n) is 4.45. The predicted molar refractivity (Wildman–Crippen MR) is 48.8 cm³/mol. The Morgan fingerprint density at radius 3 is 2.55 bits per heavy atom. The van der Waals surface area contributed by atoms with E-state index in [1.165, 1.54) is 5.57 Å². The molecule has 0 radical (unpaired) electrons. The molecule has 0 saturated heterocycles. The molecule has 0 amide bonds. The third-order valence-corrected chi connectivity index (χ3v) is 2.89. The van der Waals surface area contributed by atoms with E-state index in [2.05, 4.69) is 26.8 Å². The molecule has 1 atom stereocenters. The van der Waals surface area contributed by atoms with E-state index in [4.69, 9.17) is 5.11 Å². The summed E-state index contributed by atoms with van der Waals surface area (Å²) in [6, 6.07) is 0. The lowest BCUT2D eigenvalue weighted by Gasteiger charge is -2.30. The largest absolute Gasteiger partial charge is 0.441 e. The van der Waals surface area contributed by atoms with Crippen LogP contribution in [0.2, 0.25) is 0 Å². The van der Waals surface area contributed by atoms with E-state index in [0.29, 0.717) is 5.92 Å².